The number of thioether (sulfide) groups is 1. The first kappa shape index (κ1) is 24.4. The van der Waals surface area contributed by atoms with Crippen molar-refractivity contribution in [3.8, 4) is 11.5 Å². The molecular formula is C25H29N3O4S. The number of benzene rings is 2. The summed E-state index contributed by atoms with van der Waals surface area (Å²) in [6.45, 7) is 4.17. The van der Waals surface area contributed by atoms with Crippen LogP contribution < -0.4 is 15.6 Å². The Kier molecular flexibility index (Phi) is 8.95. The van der Waals surface area contributed by atoms with Crippen molar-refractivity contribution in [2.24, 2.45) is 0 Å². The Morgan fingerprint density at radius 2 is 1.82 bits per heavy atom. The molecule has 1 atom stereocenters. The van der Waals surface area contributed by atoms with Crippen LogP contribution in [-0.4, -0.2) is 28.4 Å². The van der Waals surface area contributed by atoms with Gasteiger partial charge in [0.15, 0.2) is 5.16 Å². The molecule has 0 aliphatic rings. The fourth-order valence-corrected chi connectivity index (χ4v) is 3.68. The van der Waals surface area contributed by atoms with Crippen molar-refractivity contribution in [3.63, 3.8) is 0 Å². The van der Waals surface area contributed by atoms with Gasteiger partial charge < -0.3 is 14.8 Å². The number of ether oxygens (including phenoxy) is 2. The van der Waals surface area contributed by atoms with Gasteiger partial charge in [-0.2, -0.15) is 0 Å². The number of hydrogen-bond acceptors (Lipinski definition) is 7. The first-order chi connectivity index (χ1) is 16.0. The van der Waals surface area contributed by atoms with Gasteiger partial charge in [0.25, 0.3) is 5.56 Å². The molecule has 1 aromatic heterocycles. The smallest absolute Gasteiger partial charge is 0.326 e. The molecule has 1 unspecified atom stereocenters. The van der Waals surface area contributed by atoms with Crippen molar-refractivity contribution in [2.45, 2.75) is 44.4 Å². The van der Waals surface area contributed by atoms with Crippen LogP contribution >= 0.6 is 11.8 Å². The predicted octanol–water partition coefficient (Wildman–Crippen LogP) is 5.27. The maximum atomic E-state index is 13.1. The van der Waals surface area contributed by atoms with E-state index in [1.54, 1.807) is 0 Å². The molecule has 0 aliphatic heterocycles. The van der Waals surface area contributed by atoms with E-state index in [-0.39, 0.29) is 18.1 Å². The zero-order valence-electron chi connectivity index (χ0n) is 19.1. The van der Waals surface area contributed by atoms with Gasteiger partial charge >= 0.3 is 5.97 Å². The summed E-state index contributed by atoms with van der Waals surface area (Å²) in [7, 11) is 0. The highest BCUT2D eigenvalue weighted by Crippen LogP contribution is 2.24. The first-order valence-corrected chi connectivity index (χ1v) is 12.1. The van der Waals surface area contributed by atoms with Gasteiger partial charge in [-0.25, -0.2) is 4.98 Å². The lowest BCUT2D eigenvalue weighted by Crippen LogP contribution is -2.30. The Hall–Kier alpha value is -3.26. The number of nitrogens with zero attached hydrogens (tertiary/aromatic N) is 2. The lowest BCUT2D eigenvalue weighted by atomic mass is 10.1. The molecule has 8 heteroatoms. The second-order valence-electron chi connectivity index (χ2n) is 7.47. The minimum atomic E-state index is -0.443. The Morgan fingerprint density at radius 3 is 2.48 bits per heavy atom. The molecule has 0 saturated carbocycles. The fraction of sp³-hybridized carbons (Fsp3) is 0.320. The molecule has 0 amide bonds. The van der Waals surface area contributed by atoms with Crippen LogP contribution in [0.15, 0.2) is 70.7 Å². The summed E-state index contributed by atoms with van der Waals surface area (Å²) in [5.41, 5.74) is 0.998. The second kappa shape index (κ2) is 12.1. The Labute approximate surface area is 198 Å². The summed E-state index contributed by atoms with van der Waals surface area (Å²) >= 11 is 1.31. The molecule has 0 aliphatic carbocycles. The minimum absolute atomic E-state index is 0.157. The van der Waals surface area contributed by atoms with Crippen LogP contribution in [0.2, 0.25) is 0 Å². The van der Waals surface area contributed by atoms with Gasteiger partial charge in [0.2, 0.25) is 0 Å². The number of hydrogen-bond donors (Lipinski definition) is 1. The zero-order chi connectivity index (χ0) is 23.6. The van der Waals surface area contributed by atoms with E-state index in [0.717, 1.165) is 29.9 Å². The van der Waals surface area contributed by atoms with Crippen molar-refractivity contribution in [1.82, 2.24) is 9.55 Å². The summed E-state index contributed by atoms with van der Waals surface area (Å²) in [5, 5.41) is 3.68. The third-order valence-corrected chi connectivity index (χ3v) is 5.66. The molecule has 174 valence electrons. The van der Waals surface area contributed by atoms with Crippen LogP contribution in [0, 0.1) is 0 Å². The summed E-state index contributed by atoms with van der Waals surface area (Å²) in [6, 6.07) is 17.1. The number of anilines is 1. The van der Waals surface area contributed by atoms with Crippen LogP contribution in [0.4, 0.5) is 5.69 Å². The SMILES string of the molecule is CCCCOC(=O)Cn1c(SC)ncc(NC(C)c2ccc(Oc3ccccc3)cc2)c1=O. The van der Waals surface area contributed by atoms with Gasteiger partial charge in [0, 0.05) is 6.04 Å². The van der Waals surface area contributed by atoms with E-state index >= 15 is 0 Å². The van der Waals surface area contributed by atoms with E-state index in [0.29, 0.717) is 17.5 Å². The number of para-hydroxylation sites is 1. The van der Waals surface area contributed by atoms with E-state index in [4.69, 9.17) is 9.47 Å². The average Bonchev–Trinajstić information content (AvgIpc) is 2.83. The molecule has 0 spiro atoms. The van der Waals surface area contributed by atoms with Crippen molar-refractivity contribution in [3.05, 3.63) is 76.7 Å². The van der Waals surface area contributed by atoms with E-state index in [1.165, 1.54) is 22.5 Å². The molecule has 3 aromatic rings. The summed E-state index contributed by atoms with van der Waals surface area (Å²) in [4.78, 5) is 29.6. The zero-order valence-corrected chi connectivity index (χ0v) is 19.9. The minimum Gasteiger partial charge on any atom is -0.464 e. The highest BCUT2D eigenvalue weighted by molar-refractivity contribution is 7.98. The number of carbonyl (C=O) groups is 1. The van der Waals surface area contributed by atoms with Gasteiger partial charge in [-0.15, -0.1) is 0 Å². The maximum absolute atomic E-state index is 13.1. The molecule has 7 nitrogen and oxygen atoms in total. The van der Waals surface area contributed by atoms with E-state index in [2.05, 4.69) is 10.3 Å². The molecule has 33 heavy (non-hydrogen) atoms. The highest BCUT2D eigenvalue weighted by atomic mass is 32.2. The second-order valence-corrected chi connectivity index (χ2v) is 8.25. The Balaban J connectivity index is 1.70. The lowest BCUT2D eigenvalue weighted by molar-refractivity contribution is -0.144. The number of carbonyl (C=O) groups excluding carboxylic acids is 1. The summed E-state index contributed by atoms with van der Waals surface area (Å²) in [5.74, 6) is 1.05. The van der Waals surface area contributed by atoms with Gasteiger partial charge in [0.05, 0.1) is 12.8 Å². The van der Waals surface area contributed by atoms with Gasteiger partial charge in [-0.1, -0.05) is 55.4 Å². The third kappa shape index (κ3) is 6.86. The van der Waals surface area contributed by atoms with Crippen molar-refractivity contribution in [1.29, 1.82) is 0 Å². The number of esters is 1. The standard InChI is InChI=1S/C25H29N3O4S/c1-4-5-15-31-23(29)17-28-24(30)22(16-26-25(28)33-3)27-18(2)19-11-13-21(14-12-19)32-20-9-7-6-8-10-20/h6-14,16,18,27H,4-5,15,17H2,1-3H3. The van der Waals surface area contributed by atoms with Crippen molar-refractivity contribution in [2.75, 3.05) is 18.2 Å². The molecule has 0 radical (unpaired) electrons. The van der Waals surface area contributed by atoms with E-state index in [1.807, 2.05) is 74.7 Å². The van der Waals surface area contributed by atoms with Crippen LogP contribution in [0.3, 0.4) is 0 Å². The van der Waals surface area contributed by atoms with Gasteiger partial charge in [0.1, 0.15) is 23.7 Å². The molecule has 2 aromatic carbocycles. The van der Waals surface area contributed by atoms with Crippen LogP contribution in [0.25, 0.3) is 0 Å². The van der Waals surface area contributed by atoms with Crippen LogP contribution in [0.1, 0.15) is 38.3 Å². The average molecular weight is 468 g/mol. The predicted molar refractivity (Wildman–Crippen MR) is 131 cm³/mol. The van der Waals surface area contributed by atoms with Crippen molar-refractivity contribution < 1.29 is 14.3 Å². The normalized spacial score (nSPS) is 11.6. The number of aromatic nitrogens is 2. The number of nitrogens with one attached hydrogen (secondary N) is 1. The van der Waals surface area contributed by atoms with Gasteiger partial charge in [-0.05, 0) is 49.4 Å². The van der Waals surface area contributed by atoms with Gasteiger partial charge in [-0.3, -0.25) is 14.2 Å². The summed E-state index contributed by atoms with van der Waals surface area (Å²) < 4.78 is 12.4. The molecule has 3 rings (SSSR count). The molecular weight excluding hydrogens is 438 g/mol. The molecule has 1 N–H and O–H groups in total. The molecule has 0 fully saturated rings. The Morgan fingerprint density at radius 1 is 1.12 bits per heavy atom. The van der Waals surface area contributed by atoms with Crippen molar-refractivity contribution >= 4 is 23.4 Å². The van der Waals surface area contributed by atoms with Crippen LogP contribution in [-0.2, 0) is 16.1 Å². The monoisotopic (exact) mass is 467 g/mol. The number of rotatable bonds is 11. The molecule has 0 bridgehead atoms. The van der Waals surface area contributed by atoms with E-state index in [9.17, 15) is 9.59 Å². The quantitative estimate of drug-likeness (QED) is 0.178. The largest absolute Gasteiger partial charge is 0.464 e. The lowest BCUT2D eigenvalue weighted by Gasteiger charge is -2.17. The molecule has 1 heterocycles. The number of unbranched alkanes of at least 4 members (excludes halogenated alkanes) is 1. The molecule has 0 saturated heterocycles. The summed E-state index contributed by atoms with van der Waals surface area (Å²) in [6.07, 6.45) is 5.05. The fourth-order valence-electron chi connectivity index (χ4n) is 3.15. The third-order valence-electron chi connectivity index (χ3n) is 4.97. The highest BCUT2D eigenvalue weighted by Gasteiger charge is 2.16. The Bertz CT molecular complexity index is 1100. The topological polar surface area (TPSA) is 82.5 Å². The van der Waals surface area contributed by atoms with E-state index < -0.39 is 5.97 Å². The first-order valence-electron chi connectivity index (χ1n) is 10.9. The maximum Gasteiger partial charge on any atom is 0.326 e. The van der Waals surface area contributed by atoms with Crippen LogP contribution in [0.5, 0.6) is 11.5 Å².